The van der Waals surface area contributed by atoms with Crippen molar-refractivity contribution in [3.05, 3.63) is 71.2 Å². The van der Waals surface area contributed by atoms with Crippen LogP contribution in [0.3, 0.4) is 0 Å². The first-order valence-corrected chi connectivity index (χ1v) is 11.0. The Balaban J connectivity index is 1.38. The molecule has 0 unspecified atom stereocenters. The minimum atomic E-state index is -0.624. The molecular weight excluding hydrogens is 421 g/mol. The lowest BCUT2D eigenvalue weighted by Crippen LogP contribution is -2.32. The highest BCUT2D eigenvalue weighted by Gasteiger charge is 2.26. The van der Waals surface area contributed by atoms with Crippen molar-refractivity contribution in [3.63, 3.8) is 0 Å². The zero-order valence-electron chi connectivity index (χ0n) is 18.2. The third kappa shape index (κ3) is 4.13. The summed E-state index contributed by atoms with van der Waals surface area (Å²) in [5.74, 6) is -0.0322. The van der Waals surface area contributed by atoms with Gasteiger partial charge in [-0.3, -0.25) is 15.6 Å². The number of pyridine rings is 1. The molecule has 3 heterocycles. The summed E-state index contributed by atoms with van der Waals surface area (Å²) in [5, 5.41) is 19.0. The molecule has 1 saturated carbocycles. The van der Waals surface area contributed by atoms with E-state index in [0.29, 0.717) is 41.7 Å². The largest absolute Gasteiger partial charge is 0.314 e. The molecule has 33 heavy (non-hydrogen) atoms. The summed E-state index contributed by atoms with van der Waals surface area (Å²) in [7, 11) is 0. The lowest BCUT2D eigenvalue weighted by atomic mass is 10.1. The monoisotopic (exact) mass is 445 g/mol. The van der Waals surface area contributed by atoms with Crippen LogP contribution in [0, 0.1) is 23.6 Å². The van der Waals surface area contributed by atoms with Gasteiger partial charge >= 0.3 is 0 Å². The number of hydrogen-bond acceptors (Lipinski definition) is 5. The molecule has 1 aliphatic carbocycles. The predicted molar refractivity (Wildman–Crippen MR) is 123 cm³/mol. The van der Waals surface area contributed by atoms with Crippen molar-refractivity contribution in [2.24, 2.45) is 0 Å². The lowest BCUT2D eigenvalue weighted by Gasteiger charge is -2.18. The van der Waals surface area contributed by atoms with Crippen LogP contribution in [0.4, 0.5) is 10.2 Å². The Morgan fingerprint density at radius 2 is 2.09 bits per heavy atom. The summed E-state index contributed by atoms with van der Waals surface area (Å²) in [6.45, 7) is 2.40. The Hall–Kier alpha value is -3.88. The number of hydrogen-bond donors (Lipinski definition) is 3. The molecule has 1 amide bonds. The Morgan fingerprint density at radius 3 is 2.82 bits per heavy atom. The fraction of sp³-hybridized carbons (Fsp3) is 0.292. The van der Waals surface area contributed by atoms with Crippen LogP contribution in [-0.4, -0.2) is 43.6 Å². The highest BCUT2D eigenvalue weighted by atomic mass is 19.1. The van der Waals surface area contributed by atoms with E-state index in [1.807, 2.05) is 10.8 Å². The summed E-state index contributed by atoms with van der Waals surface area (Å²) in [6, 6.07) is 7.79. The van der Waals surface area contributed by atoms with Crippen LogP contribution >= 0.6 is 0 Å². The fourth-order valence-corrected chi connectivity index (χ4v) is 4.05. The maximum atomic E-state index is 14.7. The number of rotatable bonds is 5. The highest BCUT2D eigenvalue weighted by Crippen LogP contribution is 2.39. The van der Waals surface area contributed by atoms with Gasteiger partial charge in [0.1, 0.15) is 23.2 Å². The standard InChI is InChI=1S/C24H24FN7O/c1-14-10-17(25)16(11-20(14)31-12-19(28-13-31)15-7-8-15)24(33)30-22-6-2-4-18(29-22)23(27)32-9-3-5-21(32)26/h2,4,6,10-13,15,26-27H,3,5,7-9H2,1H3,(H,29,30,33). The van der Waals surface area contributed by atoms with E-state index >= 15 is 0 Å². The number of anilines is 1. The van der Waals surface area contributed by atoms with Gasteiger partial charge in [0.2, 0.25) is 0 Å². The van der Waals surface area contributed by atoms with Gasteiger partial charge in [-0.05, 0) is 56.0 Å². The molecule has 2 aliphatic rings. The number of nitrogens with zero attached hydrogens (tertiary/aromatic N) is 4. The van der Waals surface area contributed by atoms with E-state index in [-0.39, 0.29) is 17.2 Å². The number of imidazole rings is 1. The van der Waals surface area contributed by atoms with Gasteiger partial charge in [-0.2, -0.15) is 0 Å². The Kier molecular flexibility index (Phi) is 5.24. The first kappa shape index (κ1) is 21.0. The quantitative estimate of drug-likeness (QED) is 0.403. The molecule has 1 aliphatic heterocycles. The van der Waals surface area contributed by atoms with Crippen LogP contribution < -0.4 is 5.32 Å². The van der Waals surface area contributed by atoms with Crippen LogP contribution in [0.15, 0.2) is 42.9 Å². The summed E-state index contributed by atoms with van der Waals surface area (Å²) >= 11 is 0. The number of amides is 1. The Morgan fingerprint density at radius 1 is 1.27 bits per heavy atom. The molecule has 2 aromatic heterocycles. The number of nitrogens with one attached hydrogen (secondary N) is 3. The zero-order valence-corrected chi connectivity index (χ0v) is 18.2. The van der Waals surface area contributed by atoms with Gasteiger partial charge in [-0.15, -0.1) is 0 Å². The second kappa shape index (κ2) is 8.23. The van der Waals surface area contributed by atoms with Crippen LogP contribution in [0.5, 0.6) is 0 Å². The van der Waals surface area contributed by atoms with Gasteiger partial charge in [0.05, 0.1) is 23.3 Å². The van der Waals surface area contributed by atoms with Crippen LogP contribution in [-0.2, 0) is 0 Å². The van der Waals surface area contributed by atoms with Gasteiger partial charge in [-0.25, -0.2) is 14.4 Å². The molecule has 2 fully saturated rings. The number of benzene rings is 1. The molecule has 5 rings (SSSR count). The predicted octanol–water partition coefficient (Wildman–Crippen LogP) is 4.24. The second-order valence-corrected chi connectivity index (χ2v) is 8.51. The topological polar surface area (TPSA) is 111 Å². The average molecular weight is 446 g/mol. The maximum Gasteiger partial charge on any atom is 0.259 e. The van der Waals surface area contributed by atoms with Crippen LogP contribution in [0.25, 0.3) is 5.69 Å². The average Bonchev–Trinajstić information content (AvgIpc) is 3.37. The Bertz CT molecular complexity index is 1280. The van der Waals surface area contributed by atoms with Gasteiger partial charge in [0.25, 0.3) is 5.91 Å². The van der Waals surface area contributed by atoms with E-state index in [1.165, 1.54) is 12.1 Å². The lowest BCUT2D eigenvalue weighted by molar-refractivity contribution is 0.102. The van der Waals surface area contributed by atoms with Crippen LogP contribution in [0.1, 0.15) is 58.9 Å². The van der Waals surface area contributed by atoms with E-state index in [2.05, 4.69) is 15.3 Å². The SMILES string of the molecule is Cc1cc(F)c(C(=O)Nc2cccc(C(=N)N3CCCC3=N)n2)cc1-n1cnc(C2CC2)c1. The van der Waals surface area contributed by atoms with Gasteiger partial charge in [0, 0.05) is 25.1 Å². The molecule has 0 radical (unpaired) electrons. The third-order valence-electron chi connectivity index (χ3n) is 6.03. The van der Waals surface area contributed by atoms with E-state index in [1.54, 1.807) is 36.4 Å². The highest BCUT2D eigenvalue weighted by molar-refractivity contribution is 6.08. The number of carbonyl (C=O) groups excluding carboxylic acids is 1. The van der Waals surface area contributed by atoms with E-state index < -0.39 is 11.7 Å². The molecule has 0 spiro atoms. The summed E-state index contributed by atoms with van der Waals surface area (Å²) in [6.07, 6.45) is 7.36. The minimum absolute atomic E-state index is 0.0964. The van der Waals surface area contributed by atoms with Crippen molar-refractivity contribution in [1.29, 1.82) is 10.8 Å². The summed E-state index contributed by atoms with van der Waals surface area (Å²) in [4.78, 5) is 23.3. The van der Waals surface area contributed by atoms with E-state index in [4.69, 9.17) is 10.8 Å². The van der Waals surface area contributed by atoms with Crippen LogP contribution in [0.2, 0.25) is 0 Å². The molecule has 1 saturated heterocycles. The maximum absolute atomic E-state index is 14.7. The number of aromatic nitrogens is 3. The number of carbonyl (C=O) groups is 1. The fourth-order valence-electron chi connectivity index (χ4n) is 4.05. The molecule has 8 nitrogen and oxygen atoms in total. The number of halogens is 1. The number of amidine groups is 2. The molecule has 168 valence electrons. The molecule has 0 atom stereocenters. The normalized spacial score (nSPS) is 15.7. The van der Waals surface area contributed by atoms with E-state index in [9.17, 15) is 9.18 Å². The molecule has 9 heteroatoms. The number of likely N-dealkylation sites (tertiary alicyclic amines) is 1. The smallest absolute Gasteiger partial charge is 0.259 e. The minimum Gasteiger partial charge on any atom is -0.314 e. The van der Waals surface area contributed by atoms with Gasteiger partial charge < -0.3 is 14.8 Å². The van der Waals surface area contributed by atoms with Gasteiger partial charge in [0.15, 0.2) is 5.84 Å². The van der Waals surface area contributed by atoms with Crippen molar-refractivity contribution < 1.29 is 9.18 Å². The van der Waals surface area contributed by atoms with Crippen molar-refractivity contribution >= 4 is 23.4 Å². The van der Waals surface area contributed by atoms with Crippen molar-refractivity contribution in [3.8, 4) is 5.69 Å². The molecule has 3 aromatic rings. The molecule has 1 aromatic carbocycles. The van der Waals surface area contributed by atoms with Crippen molar-refractivity contribution in [1.82, 2.24) is 19.4 Å². The summed E-state index contributed by atoms with van der Waals surface area (Å²) in [5.41, 5.74) is 2.65. The first-order valence-electron chi connectivity index (χ1n) is 11.0. The second-order valence-electron chi connectivity index (χ2n) is 8.51. The molecular formula is C24H24FN7O. The van der Waals surface area contributed by atoms with Gasteiger partial charge in [-0.1, -0.05) is 6.07 Å². The first-order chi connectivity index (χ1) is 15.9. The summed E-state index contributed by atoms with van der Waals surface area (Å²) < 4.78 is 16.6. The third-order valence-corrected chi connectivity index (χ3v) is 6.03. The molecule has 0 bridgehead atoms. The zero-order chi connectivity index (χ0) is 23.1. The Labute approximate surface area is 190 Å². The van der Waals surface area contributed by atoms with E-state index in [0.717, 1.165) is 25.0 Å². The molecule has 3 N–H and O–H groups in total. The van der Waals surface area contributed by atoms with Crippen molar-refractivity contribution in [2.45, 2.75) is 38.5 Å². The van der Waals surface area contributed by atoms with Crippen molar-refractivity contribution in [2.75, 3.05) is 11.9 Å². The number of aryl methyl sites for hydroxylation is 1.